The van der Waals surface area contributed by atoms with Gasteiger partial charge < -0.3 is 49.2 Å². The maximum Gasteiger partial charge on any atom is 0.122 e. The van der Waals surface area contributed by atoms with Crippen LogP contribution in [-0.2, 0) is 13.9 Å². The Morgan fingerprint density at radius 1 is 1.18 bits per heavy atom. The fraction of sp³-hybridized carbons (Fsp3) is 0.833. The van der Waals surface area contributed by atoms with Crippen molar-refractivity contribution < 1.29 is 49.2 Å². The summed E-state index contributed by atoms with van der Waals surface area (Å²) >= 11 is 0. The first-order valence-corrected chi connectivity index (χ1v) is 5.62. The van der Waals surface area contributed by atoms with Crippen molar-refractivity contribution in [2.24, 2.45) is 0 Å². The van der Waals surface area contributed by atoms with Gasteiger partial charge in [-0.1, -0.05) is 0 Å². The molecule has 0 saturated carbocycles. The Morgan fingerprint density at radius 2 is 1.65 bits per heavy atom. The van der Waals surface area contributed by atoms with E-state index in [0.29, 0.717) is 0 Å². The normalized spacial score (nSPS) is 19.4. The molecule has 10 nitrogen and oxygen atoms in total. The lowest BCUT2D eigenvalue weighted by atomic mass is 10.0. The molecule has 4 N–H and O–H groups in total. The van der Waals surface area contributed by atoms with E-state index in [-0.39, 0.29) is 0 Å². The van der Waals surface area contributed by atoms with Gasteiger partial charge in [0.05, 0.1) is 20.4 Å². The van der Waals surface area contributed by atoms with Gasteiger partial charge in [0.2, 0.25) is 0 Å². The molecule has 0 aromatic heterocycles. The van der Waals surface area contributed by atoms with Crippen molar-refractivity contribution in [2.45, 2.75) is 24.4 Å². The number of aliphatic carboxylic acids is 1. The fourth-order valence-electron chi connectivity index (χ4n) is 0.820. The van der Waals surface area contributed by atoms with Crippen molar-refractivity contribution in [3.05, 3.63) is 0 Å². The number of carboxylic acid groups (broad SMARTS) is 1. The first-order chi connectivity index (χ1) is 7.56. The van der Waals surface area contributed by atoms with Crippen LogP contribution in [0.4, 0.5) is 0 Å². The van der Waals surface area contributed by atoms with E-state index in [0.717, 1.165) is 0 Å². The van der Waals surface area contributed by atoms with Crippen molar-refractivity contribution in [1.82, 2.24) is 0 Å². The molecule has 17 heavy (non-hydrogen) atoms. The molecule has 0 amide bonds. The zero-order valence-corrected chi connectivity index (χ0v) is 9.10. The van der Waals surface area contributed by atoms with E-state index in [1.807, 2.05) is 0 Å². The maximum absolute atomic E-state index is 10.1. The Morgan fingerprint density at radius 3 is 2.00 bits per heavy atom. The number of carbonyl (C=O) groups is 1. The van der Waals surface area contributed by atoms with Crippen LogP contribution >= 0.6 is 7.82 Å². The average Bonchev–Trinajstić information content (AvgIpc) is 2.21. The molecule has 0 bridgehead atoms. The molecule has 4 atom stereocenters. The Kier molecular flexibility index (Phi) is 6.16. The smallest absolute Gasteiger partial charge is 0.122 e. The molecule has 0 radical (unpaired) electrons. The number of hydrogen-bond donors (Lipinski definition) is 4. The summed E-state index contributed by atoms with van der Waals surface area (Å²) in [6.07, 6.45) is -9.16. The number of hydrogen-bond acceptors (Lipinski definition) is 10. The Hall–Kier alpha value is -0.580. The SMILES string of the molecule is O=C([O-])[C@@H](O)[C@@H](O)[C@H](O)[C@H](O)COP(=O)([O-])[O-]. The summed E-state index contributed by atoms with van der Waals surface area (Å²) in [7, 11) is -5.38. The second-order valence-electron chi connectivity index (χ2n) is 3.06. The van der Waals surface area contributed by atoms with E-state index >= 15 is 0 Å². The maximum atomic E-state index is 10.1. The van der Waals surface area contributed by atoms with E-state index in [2.05, 4.69) is 4.52 Å². The molecule has 0 aromatic rings. The second kappa shape index (κ2) is 6.38. The van der Waals surface area contributed by atoms with Gasteiger partial charge >= 0.3 is 0 Å². The van der Waals surface area contributed by atoms with Gasteiger partial charge in [0.15, 0.2) is 0 Å². The summed E-state index contributed by atoms with van der Waals surface area (Å²) in [5.74, 6) is -2.11. The van der Waals surface area contributed by atoms with Gasteiger partial charge in [-0.25, -0.2) is 0 Å². The molecule has 0 spiro atoms. The lowest BCUT2D eigenvalue weighted by Crippen LogP contribution is -2.52. The van der Waals surface area contributed by atoms with Gasteiger partial charge in [-0.15, -0.1) is 0 Å². The summed E-state index contributed by atoms with van der Waals surface area (Å²) in [5, 5.41) is 45.9. The van der Waals surface area contributed by atoms with E-state index < -0.39 is 44.8 Å². The predicted octanol–water partition coefficient (Wildman–Crippen LogP) is -5.97. The van der Waals surface area contributed by atoms with E-state index in [1.54, 1.807) is 0 Å². The Labute approximate surface area is 94.9 Å². The number of aliphatic hydroxyl groups is 4. The van der Waals surface area contributed by atoms with Gasteiger partial charge in [-0.2, -0.15) is 0 Å². The zero-order chi connectivity index (χ0) is 13.8. The van der Waals surface area contributed by atoms with Crippen LogP contribution in [0.1, 0.15) is 0 Å². The van der Waals surface area contributed by atoms with Gasteiger partial charge in [-0.05, 0) is 0 Å². The number of phosphoric ester groups is 1. The van der Waals surface area contributed by atoms with Gasteiger partial charge in [0, 0.05) is 0 Å². The first-order valence-electron chi connectivity index (χ1n) is 4.16. The minimum Gasteiger partial charge on any atom is -0.790 e. The van der Waals surface area contributed by atoms with Crippen LogP contribution in [0.25, 0.3) is 0 Å². The van der Waals surface area contributed by atoms with Crippen LogP contribution < -0.4 is 14.9 Å². The van der Waals surface area contributed by atoms with Crippen molar-refractivity contribution in [3.8, 4) is 0 Å². The highest BCUT2D eigenvalue weighted by atomic mass is 31.2. The van der Waals surface area contributed by atoms with E-state index in [1.165, 1.54) is 0 Å². The fourth-order valence-corrected chi connectivity index (χ4v) is 1.16. The largest absolute Gasteiger partial charge is 0.790 e. The lowest BCUT2D eigenvalue weighted by Gasteiger charge is -2.32. The highest BCUT2D eigenvalue weighted by Crippen LogP contribution is 2.25. The molecular formula is C6H10O10P-3. The Balaban J connectivity index is 4.34. The standard InChI is InChI=1S/C6H13O10P/c7-2(1-16-17(13,14)15)3(8)4(9)5(10)6(11)12/h2-5,7-10H,1H2,(H,11,12)(H2,13,14,15)/p-3/t2-,3-,4+,5+/m1/s1. The van der Waals surface area contributed by atoms with Crippen molar-refractivity contribution >= 4 is 13.8 Å². The molecule has 0 rings (SSSR count). The predicted molar refractivity (Wildman–Crippen MR) is 42.6 cm³/mol. The van der Waals surface area contributed by atoms with Crippen molar-refractivity contribution in [3.63, 3.8) is 0 Å². The number of aliphatic hydroxyl groups excluding tert-OH is 4. The lowest BCUT2D eigenvalue weighted by molar-refractivity contribution is -0.343. The average molecular weight is 273 g/mol. The molecule has 0 aliphatic heterocycles. The number of carboxylic acids is 1. The third kappa shape index (κ3) is 6.05. The topological polar surface area (TPSA) is 193 Å². The molecule has 11 heteroatoms. The summed E-state index contributed by atoms with van der Waals surface area (Å²) < 4.78 is 13.6. The minimum atomic E-state index is -5.38. The van der Waals surface area contributed by atoms with E-state index in [9.17, 15) is 24.3 Å². The van der Waals surface area contributed by atoms with Crippen LogP contribution in [0.3, 0.4) is 0 Å². The van der Waals surface area contributed by atoms with E-state index in [4.69, 9.17) is 20.4 Å². The molecule has 0 unspecified atom stereocenters. The van der Waals surface area contributed by atoms with Crippen LogP contribution in [-0.4, -0.2) is 57.4 Å². The molecular weight excluding hydrogens is 263 g/mol. The minimum absolute atomic E-state index is 1.19. The third-order valence-corrected chi connectivity index (χ3v) is 2.18. The summed E-state index contributed by atoms with van der Waals surface area (Å²) in [5.41, 5.74) is 0. The molecule has 0 aliphatic rings. The molecule has 0 saturated heterocycles. The summed E-state index contributed by atoms with van der Waals surface area (Å²) in [4.78, 5) is 30.1. The van der Waals surface area contributed by atoms with Crippen molar-refractivity contribution in [2.75, 3.05) is 6.61 Å². The van der Waals surface area contributed by atoms with Crippen LogP contribution in [0.5, 0.6) is 0 Å². The first kappa shape index (κ1) is 16.4. The quantitative estimate of drug-likeness (QED) is 0.324. The molecule has 0 fully saturated rings. The van der Waals surface area contributed by atoms with Gasteiger partial charge in [0.25, 0.3) is 0 Å². The number of phosphoric acid groups is 1. The third-order valence-electron chi connectivity index (χ3n) is 1.71. The number of rotatable bonds is 7. The van der Waals surface area contributed by atoms with Crippen LogP contribution in [0, 0.1) is 0 Å². The molecule has 0 aromatic carbocycles. The highest BCUT2D eigenvalue weighted by molar-refractivity contribution is 7.43. The van der Waals surface area contributed by atoms with Gasteiger partial charge in [0.1, 0.15) is 24.4 Å². The monoisotopic (exact) mass is 273 g/mol. The molecule has 102 valence electrons. The summed E-state index contributed by atoms with van der Waals surface area (Å²) in [6, 6.07) is 0. The highest BCUT2D eigenvalue weighted by Gasteiger charge is 2.31. The zero-order valence-electron chi connectivity index (χ0n) is 8.20. The molecule has 0 aliphatic carbocycles. The van der Waals surface area contributed by atoms with Crippen molar-refractivity contribution in [1.29, 1.82) is 0 Å². The molecule has 0 heterocycles. The summed E-state index contributed by atoms with van der Waals surface area (Å²) in [6.45, 7) is -1.19. The van der Waals surface area contributed by atoms with Crippen LogP contribution in [0.2, 0.25) is 0 Å². The number of carbonyl (C=O) groups excluding carboxylic acids is 1. The second-order valence-corrected chi connectivity index (χ2v) is 4.21. The van der Waals surface area contributed by atoms with Gasteiger partial charge in [-0.3, -0.25) is 0 Å². The Bertz CT molecular complexity index is 299. The van der Waals surface area contributed by atoms with Crippen LogP contribution in [0.15, 0.2) is 0 Å².